The van der Waals surface area contributed by atoms with E-state index in [1.54, 1.807) is 22.9 Å². The van der Waals surface area contributed by atoms with Gasteiger partial charge in [0.15, 0.2) is 0 Å². The van der Waals surface area contributed by atoms with E-state index in [9.17, 15) is 14.7 Å². The van der Waals surface area contributed by atoms with E-state index in [-0.39, 0.29) is 24.9 Å². The number of carbonyl (C=O) groups excluding carboxylic acids is 2. The molecular formula is C36H36N4O5. The number of phenols is 1. The number of aromatic hydroxyl groups is 1. The molecule has 2 amide bonds. The summed E-state index contributed by atoms with van der Waals surface area (Å²) in [5.41, 5.74) is 4.31. The number of benzene rings is 3. The first-order chi connectivity index (χ1) is 21.8. The normalized spacial score (nSPS) is 17.0. The molecule has 0 unspecified atom stereocenters. The first kappa shape index (κ1) is 30.0. The summed E-state index contributed by atoms with van der Waals surface area (Å²) in [6.07, 6.45) is 5.54. The molecule has 9 heteroatoms. The predicted molar refractivity (Wildman–Crippen MR) is 170 cm³/mol. The fraction of sp³-hybridized carbons (Fsp3) is 0.306. The zero-order valence-electron chi connectivity index (χ0n) is 25.5. The molecule has 1 atom stereocenters. The topological polar surface area (TPSA) is 106 Å². The standard InChI is InChI=1S/C36H36N4O5/c1-25-11-18-32(41)30(21-25)33-28(22-39(2)38-33)15-12-26-13-16-29(17-14-26)37-34(42)31-24-45-36(19-7-4-8-20-36)40(31)35(43)44-23-27-9-5-3-6-10-27/h3,5-6,9-11,13-14,16-18,21-22,31,41H,4,7-8,19-20,23-24H2,1-2H3,(H,37,42)/t31-/m0/s1. The van der Waals surface area contributed by atoms with Gasteiger partial charge in [-0.25, -0.2) is 4.79 Å². The maximum Gasteiger partial charge on any atom is 0.413 e. The van der Waals surface area contributed by atoms with E-state index < -0.39 is 17.9 Å². The highest BCUT2D eigenvalue weighted by atomic mass is 16.6. The number of nitrogens with one attached hydrogen (secondary N) is 1. The van der Waals surface area contributed by atoms with E-state index in [0.717, 1.165) is 36.0 Å². The van der Waals surface area contributed by atoms with Gasteiger partial charge in [0.05, 0.1) is 12.2 Å². The zero-order valence-corrected chi connectivity index (χ0v) is 25.5. The van der Waals surface area contributed by atoms with Crippen LogP contribution in [0.15, 0.2) is 79.0 Å². The van der Waals surface area contributed by atoms with Gasteiger partial charge >= 0.3 is 6.09 Å². The third-order valence-electron chi connectivity index (χ3n) is 8.33. The highest BCUT2D eigenvalue weighted by molar-refractivity contribution is 5.97. The highest BCUT2D eigenvalue weighted by Crippen LogP contribution is 2.41. The largest absolute Gasteiger partial charge is 0.507 e. The molecule has 4 aromatic rings. The second kappa shape index (κ2) is 12.9. The molecule has 2 aliphatic rings. The van der Waals surface area contributed by atoms with Crippen molar-refractivity contribution in [2.24, 2.45) is 7.05 Å². The van der Waals surface area contributed by atoms with Gasteiger partial charge in [0.1, 0.15) is 29.8 Å². The Kier molecular flexibility index (Phi) is 8.58. The van der Waals surface area contributed by atoms with Crippen LogP contribution in [0.1, 0.15) is 54.4 Å². The number of phenolic OH excluding ortho intramolecular Hbond substituents is 1. The van der Waals surface area contributed by atoms with Crippen LogP contribution in [0.4, 0.5) is 10.5 Å². The molecule has 45 heavy (non-hydrogen) atoms. The van der Waals surface area contributed by atoms with Crippen LogP contribution in [0.5, 0.6) is 5.75 Å². The second-order valence-electron chi connectivity index (χ2n) is 11.6. The molecule has 1 aliphatic heterocycles. The Morgan fingerprint density at radius 2 is 1.80 bits per heavy atom. The van der Waals surface area contributed by atoms with Gasteiger partial charge in [-0.1, -0.05) is 60.2 Å². The Labute approximate surface area is 262 Å². The van der Waals surface area contributed by atoms with E-state index >= 15 is 0 Å². The number of ether oxygens (including phenoxy) is 2. The maximum absolute atomic E-state index is 13.6. The van der Waals surface area contributed by atoms with Crippen molar-refractivity contribution in [3.8, 4) is 28.8 Å². The molecule has 0 radical (unpaired) electrons. The van der Waals surface area contributed by atoms with Gasteiger partial charge in [-0.15, -0.1) is 0 Å². The average molecular weight is 605 g/mol. The smallest absolute Gasteiger partial charge is 0.413 e. The van der Waals surface area contributed by atoms with Crippen LogP contribution in [0.2, 0.25) is 0 Å². The van der Waals surface area contributed by atoms with Crippen molar-refractivity contribution in [1.82, 2.24) is 14.7 Å². The van der Waals surface area contributed by atoms with Crippen molar-refractivity contribution < 1.29 is 24.2 Å². The molecule has 1 spiro atoms. The number of hydrogen-bond donors (Lipinski definition) is 2. The number of carbonyl (C=O) groups is 2. The Morgan fingerprint density at radius 3 is 2.56 bits per heavy atom. The van der Waals surface area contributed by atoms with Crippen molar-refractivity contribution in [3.63, 3.8) is 0 Å². The third-order valence-corrected chi connectivity index (χ3v) is 8.33. The summed E-state index contributed by atoms with van der Waals surface area (Å²) in [5.74, 6) is 6.14. The van der Waals surface area contributed by atoms with E-state index in [0.29, 0.717) is 35.3 Å². The Hall–Kier alpha value is -5.07. The van der Waals surface area contributed by atoms with Gasteiger partial charge in [0, 0.05) is 30.1 Å². The van der Waals surface area contributed by atoms with Crippen LogP contribution >= 0.6 is 0 Å². The summed E-state index contributed by atoms with van der Waals surface area (Å²) in [4.78, 5) is 28.5. The lowest BCUT2D eigenvalue weighted by Crippen LogP contribution is -2.55. The molecule has 0 bridgehead atoms. The number of nitrogens with zero attached hydrogens (tertiary/aromatic N) is 3. The Bertz CT molecular complexity index is 1750. The zero-order chi connectivity index (χ0) is 31.4. The van der Waals surface area contributed by atoms with Gasteiger partial charge in [0.25, 0.3) is 0 Å². The van der Waals surface area contributed by atoms with Gasteiger partial charge in [-0.3, -0.25) is 14.4 Å². The summed E-state index contributed by atoms with van der Waals surface area (Å²) >= 11 is 0. The van der Waals surface area contributed by atoms with Crippen LogP contribution in [0.3, 0.4) is 0 Å². The third kappa shape index (κ3) is 6.56. The molecule has 1 aliphatic carbocycles. The number of anilines is 1. The molecular weight excluding hydrogens is 568 g/mol. The van der Waals surface area contributed by atoms with Gasteiger partial charge < -0.3 is 19.9 Å². The Morgan fingerprint density at radius 1 is 1.04 bits per heavy atom. The summed E-state index contributed by atoms with van der Waals surface area (Å²) in [6.45, 7) is 2.19. The molecule has 2 heterocycles. The molecule has 1 saturated carbocycles. The lowest BCUT2D eigenvalue weighted by atomic mass is 9.90. The van der Waals surface area contributed by atoms with Crippen LogP contribution < -0.4 is 5.32 Å². The van der Waals surface area contributed by atoms with Gasteiger partial charge in [0.2, 0.25) is 5.91 Å². The van der Waals surface area contributed by atoms with Crippen LogP contribution in [0.25, 0.3) is 11.3 Å². The van der Waals surface area contributed by atoms with Gasteiger partial charge in [-0.2, -0.15) is 5.10 Å². The maximum atomic E-state index is 13.6. The first-order valence-corrected chi connectivity index (χ1v) is 15.2. The number of hydrogen-bond acceptors (Lipinski definition) is 6. The van der Waals surface area contributed by atoms with Crippen molar-refractivity contribution in [1.29, 1.82) is 0 Å². The molecule has 230 valence electrons. The van der Waals surface area contributed by atoms with Crippen LogP contribution in [-0.2, 0) is 27.9 Å². The molecule has 2 N–H and O–H groups in total. The molecule has 6 rings (SSSR count). The minimum Gasteiger partial charge on any atom is -0.507 e. The van der Waals surface area contributed by atoms with E-state index in [4.69, 9.17) is 9.47 Å². The van der Waals surface area contributed by atoms with Crippen LogP contribution in [-0.4, -0.2) is 50.2 Å². The van der Waals surface area contributed by atoms with Crippen LogP contribution in [0, 0.1) is 18.8 Å². The monoisotopic (exact) mass is 604 g/mol. The molecule has 9 nitrogen and oxygen atoms in total. The number of rotatable bonds is 5. The first-order valence-electron chi connectivity index (χ1n) is 15.2. The summed E-state index contributed by atoms with van der Waals surface area (Å²) in [5, 5.41) is 17.9. The van der Waals surface area contributed by atoms with E-state index in [2.05, 4.69) is 22.3 Å². The minimum atomic E-state index is -0.826. The molecule has 3 aromatic carbocycles. The summed E-state index contributed by atoms with van der Waals surface area (Å²) in [6, 6.07) is 21.3. The lowest BCUT2D eigenvalue weighted by Gasteiger charge is -2.40. The van der Waals surface area contributed by atoms with Crippen molar-refractivity contribution >= 4 is 17.7 Å². The van der Waals surface area contributed by atoms with Gasteiger partial charge in [-0.05, 0) is 74.6 Å². The highest BCUT2D eigenvalue weighted by Gasteiger charge is 2.53. The van der Waals surface area contributed by atoms with E-state index in [1.165, 1.54) is 4.90 Å². The molecule has 1 aromatic heterocycles. The minimum absolute atomic E-state index is 0.111. The number of aryl methyl sites for hydroxylation is 2. The predicted octanol–water partition coefficient (Wildman–Crippen LogP) is 6.14. The summed E-state index contributed by atoms with van der Waals surface area (Å²) in [7, 11) is 1.81. The average Bonchev–Trinajstić information content (AvgIpc) is 3.61. The van der Waals surface area contributed by atoms with Crippen molar-refractivity contribution in [2.75, 3.05) is 11.9 Å². The lowest BCUT2D eigenvalue weighted by molar-refractivity contribution is -0.124. The van der Waals surface area contributed by atoms with E-state index in [1.807, 2.05) is 74.8 Å². The SMILES string of the molecule is Cc1ccc(O)c(-c2nn(C)cc2C#Cc2ccc(NC(=O)[C@@H]3COC4(CCCCC4)N3C(=O)OCc3ccccc3)cc2)c1. The molecule has 1 saturated heterocycles. The summed E-state index contributed by atoms with van der Waals surface area (Å²) < 4.78 is 13.6. The second-order valence-corrected chi connectivity index (χ2v) is 11.6. The van der Waals surface area contributed by atoms with Crippen molar-refractivity contribution in [3.05, 3.63) is 101 Å². The Balaban J connectivity index is 1.16. The quantitative estimate of drug-likeness (QED) is 0.265. The number of aromatic nitrogens is 2. The fourth-order valence-corrected chi connectivity index (χ4v) is 6.05. The number of amides is 2. The molecule has 2 fully saturated rings. The fourth-order valence-electron chi connectivity index (χ4n) is 6.05. The van der Waals surface area contributed by atoms with Crippen molar-refractivity contribution in [2.45, 2.75) is 57.4 Å².